The van der Waals surface area contributed by atoms with E-state index in [4.69, 9.17) is 29.1 Å². The van der Waals surface area contributed by atoms with Crippen LogP contribution in [0.5, 0.6) is 23.0 Å². The quantitative estimate of drug-likeness (QED) is 0.513. The summed E-state index contributed by atoms with van der Waals surface area (Å²) in [6.07, 6.45) is -0.376. The first-order chi connectivity index (χ1) is 14.5. The number of hydrogen-bond acceptors (Lipinski definition) is 6. The Hall–Kier alpha value is -2.22. The van der Waals surface area contributed by atoms with Gasteiger partial charge in [0.15, 0.2) is 31.3 Å². The van der Waals surface area contributed by atoms with E-state index in [1.54, 1.807) is 28.4 Å². The molecule has 7 heteroatoms. The molecule has 2 aromatic carbocycles. The molecule has 0 aliphatic carbocycles. The molecule has 0 aliphatic rings. The molecule has 0 bridgehead atoms. The highest BCUT2D eigenvalue weighted by Gasteiger charge is 2.41. The van der Waals surface area contributed by atoms with E-state index >= 15 is 0 Å². The molecule has 0 saturated heterocycles. The lowest BCUT2D eigenvalue weighted by atomic mass is 9.96. The summed E-state index contributed by atoms with van der Waals surface area (Å²) in [5.74, 6) is 2.60. The van der Waals surface area contributed by atoms with Crippen LogP contribution in [0.2, 0.25) is 18.1 Å². The molecule has 2 aromatic rings. The minimum atomic E-state index is -2.14. The van der Waals surface area contributed by atoms with Crippen molar-refractivity contribution in [2.75, 3.05) is 28.4 Å². The van der Waals surface area contributed by atoms with Gasteiger partial charge < -0.3 is 29.1 Å². The Bertz CT molecular complexity index is 879. The van der Waals surface area contributed by atoms with Crippen LogP contribution < -0.4 is 24.7 Å². The average Bonchev–Trinajstić information content (AvgIpc) is 2.75. The van der Waals surface area contributed by atoms with Crippen LogP contribution in [0.15, 0.2) is 36.4 Å². The van der Waals surface area contributed by atoms with Crippen molar-refractivity contribution in [1.82, 2.24) is 0 Å². The summed E-state index contributed by atoms with van der Waals surface area (Å²) in [5.41, 5.74) is 8.66. The average molecular weight is 448 g/mol. The van der Waals surface area contributed by atoms with E-state index in [0.29, 0.717) is 23.0 Å². The van der Waals surface area contributed by atoms with Crippen molar-refractivity contribution in [3.05, 3.63) is 47.5 Å². The highest BCUT2D eigenvalue weighted by atomic mass is 28.4. The van der Waals surface area contributed by atoms with Crippen molar-refractivity contribution in [3.8, 4) is 23.0 Å². The van der Waals surface area contributed by atoms with Crippen LogP contribution in [0.4, 0.5) is 0 Å². The molecule has 0 amide bonds. The van der Waals surface area contributed by atoms with Gasteiger partial charge in [-0.3, -0.25) is 0 Å². The molecule has 31 heavy (non-hydrogen) atoms. The summed E-state index contributed by atoms with van der Waals surface area (Å²) in [5, 5.41) is 0.0269. The Morgan fingerprint density at radius 1 is 0.710 bits per heavy atom. The van der Waals surface area contributed by atoms with Gasteiger partial charge in [0, 0.05) is 0 Å². The second-order valence-corrected chi connectivity index (χ2v) is 13.8. The van der Waals surface area contributed by atoms with Gasteiger partial charge in [-0.2, -0.15) is 0 Å². The molecular weight excluding hydrogens is 410 g/mol. The molecule has 2 atom stereocenters. The summed E-state index contributed by atoms with van der Waals surface area (Å²) in [6, 6.07) is 11.1. The topological polar surface area (TPSA) is 72.2 Å². The first kappa shape index (κ1) is 25.0. The smallest absolute Gasteiger partial charge is 0.193 e. The first-order valence-electron chi connectivity index (χ1n) is 10.4. The lowest BCUT2D eigenvalue weighted by molar-refractivity contribution is 0.153. The maximum atomic E-state index is 6.85. The fourth-order valence-corrected chi connectivity index (χ4v) is 4.38. The van der Waals surface area contributed by atoms with E-state index in [1.807, 2.05) is 36.4 Å². The Kier molecular flexibility index (Phi) is 8.02. The molecule has 0 fully saturated rings. The summed E-state index contributed by atoms with van der Waals surface area (Å²) >= 11 is 0. The molecule has 172 valence electrons. The van der Waals surface area contributed by atoms with Gasteiger partial charge in [-0.1, -0.05) is 32.9 Å². The summed E-state index contributed by atoms with van der Waals surface area (Å²) < 4.78 is 28.7. The van der Waals surface area contributed by atoms with Crippen LogP contribution in [-0.4, -0.2) is 36.8 Å². The van der Waals surface area contributed by atoms with Crippen LogP contribution in [0.1, 0.15) is 44.0 Å². The van der Waals surface area contributed by atoms with Crippen LogP contribution >= 0.6 is 0 Å². The number of rotatable bonds is 9. The minimum absolute atomic E-state index is 0.0269. The van der Waals surface area contributed by atoms with Gasteiger partial charge in [0.1, 0.15) is 0 Å². The Balaban J connectivity index is 2.57. The number of ether oxygens (including phenoxy) is 4. The molecule has 0 aromatic heterocycles. The predicted molar refractivity (Wildman–Crippen MR) is 127 cm³/mol. The highest BCUT2D eigenvalue weighted by molar-refractivity contribution is 6.74. The van der Waals surface area contributed by atoms with E-state index in [-0.39, 0.29) is 11.1 Å². The second-order valence-electron chi connectivity index (χ2n) is 9.05. The normalized spacial score (nSPS) is 14.0. The Labute approximate surface area is 187 Å². The summed E-state index contributed by atoms with van der Waals surface area (Å²) in [6.45, 7) is 11.1. The van der Waals surface area contributed by atoms with Crippen molar-refractivity contribution in [1.29, 1.82) is 0 Å². The van der Waals surface area contributed by atoms with Gasteiger partial charge in [0.2, 0.25) is 0 Å². The fourth-order valence-electron chi connectivity index (χ4n) is 3.11. The zero-order valence-corrected chi connectivity index (χ0v) is 21.2. The van der Waals surface area contributed by atoms with E-state index in [1.165, 1.54) is 0 Å². The molecule has 0 spiro atoms. The van der Waals surface area contributed by atoms with Crippen molar-refractivity contribution >= 4 is 8.32 Å². The van der Waals surface area contributed by atoms with Gasteiger partial charge in [-0.05, 0) is 53.5 Å². The third-order valence-electron chi connectivity index (χ3n) is 6.08. The zero-order chi connectivity index (χ0) is 23.4. The molecule has 2 N–H and O–H groups in total. The maximum Gasteiger partial charge on any atom is 0.193 e. The largest absolute Gasteiger partial charge is 0.493 e. The lowest BCUT2D eigenvalue weighted by Crippen LogP contribution is -2.43. The third kappa shape index (κ3) is 5.53. The zero-order valence-electron chi connectivity index (χ0n) is 20.2. The fraction of sp³-hybridized carbons (Fsp3) is 0.500. The Morgan fingerprint density at radius 3 is 1.55 bits per heavy atom. The molecule has 0 radical (unpaired) electrons. The number of hydrogen-bond donors (Lipinski definition) is 1. The van der Waals surface area contributed by atoms with E-state index in [2.05, 4.69) is 33.9 Å². The summed E-state index contributed by atoms with van der Waals surface area (Å²) in [7, 11) is 4.33. The second kappa shape index (κ2) is 9.93. The Morgan fingerprint density at radius 2 is 1.13 bits per heavy atom. The van der Waals surface area contributed by atoms with Crippen LogP contribution in [-0.2, 0) is 4.43 Å². The van der Waals surface area contributed by atoms with Gasteiger partial charge >= 0.3 is 0 Å². The monoisotopic (exact) mass is 447 g/mol. The predicted octanol–water partition coefficient (Wildman–Crippen LogP) is 5.48. The van der Waals surface area contributed by atoms with Crippen LogP contribution in [0.3, 0.4) is 0 Å². The highest BCUT2D eigenvalue weighted by Crippen LogP contribution is 2.44. The molecule has 0 aliphatic heterocycles. The molecule has 6 nitrogen and oxygen atoms in total. The van der Waals surface area contributed by atoms with Crippen molar-refractivity contribution in [3.63, 3.8) is 0 Å². The number of benzene rings is 2. The third-order valence-corrected chi connectivity index (χ3v) is 10.5. The van der Waals surface area contributed by atoms with Gasteiger partial charge in [-0.15, -0.1) is 0 Å². The molecule has 0 heterocycles. The van der Waals surface area contributed by atoms with E-state index in [0.717, 1.165) is 11.1 Å². The maximum absolute atomic E-state index is 6.85. The number of methoxy groups -OCH3 is 4. The SMILES string of the molecule is COc1ccc([C@@H](N)[C@@H](O[Si](C)(C)C(C)(C)C)c2ccc(OC)c(OC)c2)cc1OC. The summed E-state index contributed by atoms with van der Waals surface area (Å²) in [4.78, 5) is 0. The van der Waals surface area contributed by atoms with Crippen LogP contribution in [0, 0.1) is 0 Å². The standard InChI is InChI=1S/C24H37NO5Si/c1-24(2,3)31(8,9)30-23(17-11-13-19(27-5)21(15-17)29-7)22(25)16-10-12-18(26-4)20(14-16)28-6/h10-15,22-23H,25H2,1-9H3/t22-,23+/m1/s1. The molecule has 0 saturated carbocycles. The van der Waals surface area contributed by atoms with E-state index < -0.39 is 14.4 Å². The minimum Gasteiger partial charge on any atom is -0.493 e. The van der Waals surface area contributed by atoms with E-state index in [9.17, 15) is 0 Å². The molecule has 0 unspecified atom stereocenters. The molecular formula is C24H37NO5Si. The van der Waals surface area contributed by atoms with Crippen molar-refractivity contribution in [2.45, 2.75) is 51.0 Å². The first-order valence-corrected chi connectivity index (χ1v) is 13.3. The molecule has 2 rings (SSSR count). The van der Waals surface area contributed by atoms with Gasteiger partial charge in [0.25, 0.3) is 0 Å². The number of nitrogens with two attached hydrogens (primary N) is 1. The van der Waals surface area contributed by atoms with Gasteiger partial charge in [-0.25, -0.2) is 0 Å². The van der Waals surface area contributed by atoms with Crippen LogP contribution in [0.25, 0.3) is 0 Å². The lowest BCUT2D eigenvalue weighted by Gasteiger charge is -2.41. The van der Waals surface area contributed by atoms with Crippen molar-refractivity contribution in [2.24, 2.45) is 5.73 Å². The van der Waals surface area contributed by atoms with Crippen molar-refractivity contribution < 1.29 is 23.4 Å². The van der Waals surface area contributed by atoms with Gasteiger partial charge in [0.05, 0.1) is 40.6 Å².